The smallest absolute Gasteiger partial charge is 0.0481 e. The summed E-state index contributed by atoms with van der Waals surface area (Å²) in [6.07, 6.45) is 9.58. The number of aryl methyl sites for hydroxylation is 1. The molecule has 2 heteroatoms. The van der Waals surface area contributed by atoms with Crippen LogP contribution in [0, 0.1) is 5.92 Å². The Morgan fingerprint density at radius 2 is 2.20 bits per heavy atom. The summed E-state index contributed by atoms with van der Waals surface area (Å²) >= 11 is 0. The van der Waals surface area contributed by atoms with Crippen LogP contribution in [-0.2, 0) is 6.42 Å². The molecule has 0 amide bonds. The summed E-state index contributed by atoms with van der Waals surface area (Å²) in [5.41, 5.74) is 2.85. The molecule has 0 bridgehead atoms. The highest BCUT2D eigenvalue weighted by Gasteiger charge is 2.28. The Morgan fingerprint density at radius 3 is 2.95 bits per heavy atom. The van der Waals surface area contributed by atoms with E-state index < -0.39 is 0 Å². The van der Waals surface area contributed by atoms with Crippen LogP contribution in [0.5, 0.6) is 0 Å². The Labute approximate surface area is 124 Å². The molecule has 2 unspecified atom stereocenters. The van der Waals surface area contributed by atoms with Crippen LogP contribution < -0.4 is 5.32 Å². The van der Waals surface area contributed by atoms with E-state index in [-0.39, 0.29) is 0 Å². The lowest BCUT2D eigenvalue weighted by atomic mass is 9.80. The van der Waals surface area contributed by atoms with Gasteiger partial charge in [0, 0.05) is 23.9 Å². The number of nitrogens with one attached hydrogen (secondary N) is 1. The van der Waals surface area contributed by atoms with E-state index in [1.54, 1.807) is 0 Å². The number of hydrogen-bond acceptors (Lipinski definition) is 2. The van der Waals surface area contributed by atoms with Crippen LogP contribution >= 0.6 is 0 Å². The molecule has 1 aromatic rings. The van der Waals surface area contributed by atoms with Crippen molar-refractivity contribution in [2.45, 2.75) is 71.3 Å². The minimum Gasteiger partial charge on any atom is -0.313 e. The Morgan fingerprint density at radius 1 is 1.35 bits per heavy atom. The predicted octanol–water partition coefficient (Wildman–Crippen LogP) is 4.31. The highest BCUT2D eigenvalue weighted by molar-refractivity contribution is 5.27. The van der Waals surface area contributed by atoms with Crippen molar-refractivity contribution < 1.29 is 0 Å². The van der Waals surface area contributed by atoms with Crippen LogP contribution in [0.25, 0.3) is 0 Å². The van der Waals surface area contributed by atoms with Gasteiger partial charge in [0.15, 0.2) is 0 Å². The average molecular weight is 274 g/mol. The highest BCUT2D eigenvalue weighted by atomic mass is 14.9. The summed E-state index contributed by atoms with van der Waals surface area (Å²) in [6.45, 7) is 8.02. The molecule has 0 fully saturated rings. The zero-order valence-electron chi connectivity index (χ0n) is 13.4. The molecule has 2 nitrogen and oxygen atoms in total. The molecule has 1 heterocycles. The first-order valence-corrected chi connectivity index (χ1v) is 8.39. The summed E-state index contributed by atoms with van der Waals surface area (Å²) in [5, 5.41) is 3.80. The van der Waals surface area contributed by atoms with Crippen LogP contribution in [0.3, 0.4) is 0 Å². The molecule has 1 N–H and O–H groups in total. The second-order valence-electron chi connectivity index (χ2n) is 6.58. The fourth-order valence-electron chi connectivity index (χ4n) is 3.33. The van der Waals surface area contributed by atoms with E-state index in [0.29, 0.717) is 12.0 Å². The first-order chi connectivity index (χ1) is 9.72. The molecule has 112 valence electrons. The van der Waals surface area contributed by atoms with E-state index in [9.17, 15) is 0 Å². The van der Waals surface area contributed by atoms with Gasteiger partial charge in [-0.1, -0.05) is 26.8 Å². The quantitative estimate of drug-likeness (QED) is 0.801. The molecule has 1 aliphatic carbocycles. The fourth-order valence-corrected chi connectivity index (χ4v) is 3.33. The fraction of sp³-hybridized carbons (Fsp3) is 0.722. The first kappa shape index (κ1) is 15.5. The van der Waals surface area contributed by atoms with Crippen molar-refractivity contribution in [2.24, 2.45) is 5.92 Å². The van der Waals surface area contributed by atoms with Gasteiger partial charge in [-0.3, -0.25) is 4.98 Å². The van der Waals surface area contributed by atoms with Crippen LogP contribution in [0.15, 0.2) is 18.3 Å². The van der Waals surface area contributed by atoms with Crippen molar-refractivity contribution in [1.29, 1.82) is 0 Å². The molecule has 2 atom stereocenters. The van der Waals surface area contributed by atoms with Crippen LogP contribution in [0.4, 0.5) is 0 Å². The Kier molecular flexibility index (Phi) is 6.03. The Balaban J connectivity index is 2.11. The lowest BCUT2D eigenvalue weighted by Gasteiger charge is -2.32. The van der Waals surface area contributed by atoms with Crippen molar-refractivity contribution in [3.63, 3.8) is 0 Å². The molecule has 1 aliphatic rings. The SMILES string of the molecule is CCCNC(CCC(C)C)C1CCCc2cccnc21. The highest BCUT2D eigenvalue weighted by Crippen LogP contribution is 2.34. The maximum Gasteiger partial charge on any atom is 0.0481 e. The molecule has 0 spiro atoms. The predicted molar refractivity (Wildman–Crippen MR) is 86.1 cm³/mol. The summed E-state index contributed by atoms with van der Waals surface area (Å²) in [7, 11) is 0. The number of fused-ring (bicyclic) bond motifs is 1. The number of nitrogens with zero attached hydrogens (tertiary/aromatic N) is 1. The standard InChI is InChI=1S/C18H30N2/c1-4-12-19-17(11-10-14(2)3)16-9-5-7-15-8-6-13-20-18(15)16/h6,8,13-14,16-17,19H,4-5,7,9-12H2,1-3H3. The zero-order chi connectivity index (χ0) is 14.4. The van der Waals surface area contributed by atoms with Gasteiger partial charge >= 0.3 is 0 Å². The van der Waals surface area contributed by atoms with Gasteiger partial charge in [-0.25, -0.2) is 0 Å². The van der Waals surface area contributed by atoms with Gasteiger partial charge in [0.25, 0.3) is 0 Å². The monoisotopic (exact) mass is 274 g/mol. The summed E-state index contributed by atoms with van der Waals surface area (Å²) in [5.74, 6) is 1.40. The number of pyridine rings is 1. The van der Waals surface area contributed by atoms with Gasteiger partial charge in [-0.2, -0.15) is 0 Å². The van der Waals surface area contributed by atoms with Gasteiger partial charge in [-0.15, -0.1) is 0 Å². The summed E-state index contributed by atoms with van der Waals surface area (Å²) < 4.78 is 0. The molecular formula is C18H30N2. The average Bonchev–Trinajstić information content (AvgIpc) is 2.47. The second-order valence-corrected chi connectivity index (χ2v) is 6.58. The van der Waals surface area contributed by atoms with Gasteiger partial charge in [0.2, 0.25) is 0 Å². The van der Waals surface area contributed by atoms with E-state index in [4.69, 9.17) is 4.98 Å². The molecule has 1 aromatic heterocycles. The van der Waals surface area contributed by atoms with E-state index in [2.05, 4.69) is 38.2 Å². The molecule has 0 saturated heterocycles. The second kappa shape index (κ2) is 7.78. The van der Waals surface area contributed by atoms with Gasteiger partial charge < -0.3 is 5.32 Å². The van der Waals surface area contributed by atoms with Crippen molar-refractivity contribution >= 4 is 0 Å². The zero-order valence-corrected chi connectivity index (χ0v) is 13.4. The van der Waals surface area contributed by atoms with Gasteiger partial charge in [0.05, 0.1) is 0 Å². The molecule has 20 heavy (non-hydrogen) atoms. The first-order valence-electron chi connectivity index (χ1n) is 8.39. The number of rotatable bonds is 7. The lowest BCUT2D eigenvalue weighted by Crippen LogP contribution is -2.37. The third-order valence-corrected chi connectivity index (χ3v) is 4.44. The molecule has 2 rings (SSSR count). The molecule has 0 radical (unpaired) electrons. The molecule has 0 saturated carbocycles. The van der Waals surface area contributed by atoms with E-state index in [1.807, 2.05) is 6.20 Å². The molecular weight excluding hydrogens is 244 g/mol. The van der Waals surface area contributed by atoms with Gasteiger partial charge in [-0.05, 0) is 62.6 Å². The Bertz CT molecular complexity index is 400. The lowest BCUT2D eigenvalue weighted by molar-refractivity contribution is 0.345. The summed E-state index contributed by atoms with van der Waals surface area (Å²) in [4.78, 5) is 4.72. The minimum atomic E-state index is 0.603. The maximum absolute atomic E-state index is 4.72. The molecule has 0 aliphatic heterocycles. The minimum absolute atomic E-state index is 0.603. The Hall–Kier alpha value is -0.890. The van der Waals surface area contributed by atoms with Crippen molar-refractivity contribution in [1.82, 2.24) is 10.3 Å². The largest absolute Gasteiger partial charge is 0.313 e. The third-order valence-electron chi connectivity index (χ3n) is 4.44. The topological polar surface area (TPSA) is 24.9 Å². The van der Waals surface area contributed by atoms with E-state index >= 15 is 0 Å². The van der Waals surface area contributed by atoms with Crippen molar-refractivity contribution in [2.75, 3.05) is 6.54 Å². The van der Waals surface area contributed by atoms with Gasteiger partial charge in [0.1, 0.15) is 0 Å². The number of aromatic nitrogens is 1. The van der Waals surface area contributed by atoms with Crippen LogP contribution in [-0.4, -0.2) is 17.6 Å². The van der Waals surface area contributed by atoms with Crippen molar-refractivity contribution in [3.8, 4) is 0 Å². The van der Waals surface area contributed by atoms with E-state index in [1.165, 1.54) is 49.8 Å². The maximum atomic E-state index is 4.72. The molecule has 0 aromatic carbocycles. The van der Waals surface area contributed by atoms with Crippen LogP contribution in [0.2, 0.25) is 0 Å². The normalized spacial score (nSPS) is 19.9. The summed E-state index contributed by atoms with van der Waals surface area (Å²) in [6, 6.07) is 4.96. The third kappa shape index (κ3) is 4.05. The number of hydrogen-bond donors (Lipinski definition) is 1. The van der Waals surface area contributed by atoms with Crippen LogP contribution in [0.1, 0.15) is 70.1 Å². The van der Waals surface area contributed by atoms with E-state index in [0.717, 1.165) is 12.5 Å². The van der Waals surface area contributed by atoms with Crippen molar-refractivity contribution in [3.05, 3.63) is 29.6 Å².